The molecule has 1 atom stereocenters. The van der Waals surface area contributed by atoms with Gasteiger partial charge in [0.1, 0.15) is 11.5 Å². The van der Waals surface area contributed by atoms with Crippen molar-refractivity contribution in [3.8, 4) is 11.5 Å². The van der Waals surface area contributed by atoms with Crippen LogP contribution in [0, 0.1) is 0 Å². The molecular formula is C22H28N2O3. The fraction of sp³-hybridized carbons (Fsp3) is 0.409. The molecule has 1 fully saturated rings. The lowest BCUT2D eigenvalue weighted by Gasteiger charge is -2.29. The molecule has 1 aliphatic heterocycles. The smallest absolute Gasteiger partial charge is 0.238 e. The highest BCUT2D eigenvalue weighted by molar-refractivity contribution is 5.92. The predicted octanol–water partition coefficient (Wildman–Crippen LogP) is 4.26. The molecule has 3 rings (SSSR count). The van der Waals surface area contributed by atoms with Gasteiger partial charge >= 0.3 is 0 Å². The molecule has 1 saturated heterocycles. The van der Waals surface area contributed by atoms with Crippen LogP contribution in [0.1, 0.15) is 37.3 Å². The second-order valence-corrected chi connectivity index (χ2v) is 6.89. The van der Waals surface area contributed by atoms with Gasteiger partial charge < -0.3 is 14.8 Å². The van der Waals surface area contributed by atoms with Crippen LogP contribution in [0.15, 0.2) is 48.5 Å². The Labute approximate surface area is 161 Å². The van der Waals surface area contributed by atoms with E-state index >= 15 is 0 Å². The summed E-state index contributed by atoms with van der Waals surface area (Å²) < 4.78 is 10.4. The molecule has 0 bridgehead atoms. The number of benzene rings is 2. The summed E-state index contributed by atoms with van der Waals surface area (Å²) in [5, 5.41) is 3.00. The number of rotatable bonds is 6. The van der Waals surface area contributed by atoms with Crippen LogP contribution in [0.2, 0.25) is 0 Å². The zero-order valence-corrected chi connectivity index (χ0v) is 16.1. The molecule has 5 heteroatoms. The minimum Gasteiger partial charge on any atom is -0.497 e. The van der Waals surface area contributed by atoms with Gasteiger partial charge in [0.2, 0.25) is 5.91 Å². The number of amides is 1. The molecule has 144 valence electrons. The van der Waals surface area contributed by atoms with E-state index in [0.717, 1.165) is 36.6 Å². The van der Waals surface area contributed by atoms with Gasteiger partial charge in [-0.15, -0.1) is 0 Å². The lowest BCUT2D eigenvalue weighted by molar-refractivity contribution is -0.117. The van der Waals surface area contributed by atoms with Crippen molar-refractivity contribution in [3.63, 3.8) is 0 Å². The van der Waals surface area contributed by atoms with E-state index < -0.39 is 0 Å². The largest absolute Gasteiger partial charge is 0.497 e. The Bertz CT molecular complexity index is 728. The Morgan fingerprint density at radius 2 is 1.59 bits per heavy atom. The molecule has 1 heterocycles. The van der Waals surface area contributed by atoms with Gasteiger partial charge in [0.15, 0.2) is 0 Å². The molecule has 1 unspecified atom stereocenters. The normalized spacial score (nSPS) is 17.8. The lowest BCUT2D eigenvalue weighted by atomic mass is 10.0. The topological polar surface area (TPSA) is 50.8 Å². The standard InChI is InChI=1S/C22H28N2O3/c1-26-19-11-7-17(8-12-19)21-6-4-3-5-15-24(21)16-22(25)23-18-9-13-20(27-2)14-10-18/h7-14,21H,3-6,15-16H2,1-2H3,(H,23,25). The van der Waals surface area contributed by atoms with Crippen molar-refractivity contribution in [1.82, 2.24) is 4.90 Å². The molecule has 27 heavy (non-hydrogen) atoms. The number of hydrogen-bond acceptors (Lipinski definition) is 4. The van der Waals surface area contributed by atoms with Gasteiger partial charge in [-0.2, -0.15) is 0 Å². The fourth-order valence-electron chi connectivity index (χ4n) is 3.62. The van der Waals surface area contributed by atoms with Crippen molar-refractivity contribution in [3.05, 3.63) is 54.1 Å². The van der Waals surface area contributed by atoms with Crippen LogP contribution < -0.4 is 14.8 Å². The first kappa shape index (κ1) is 19.2. The SMILES string of the molecule is COc1ccc(NC(=O)CN2CCCCCC2c2ccc(OC)cc2)cc1. The Hall–Kier alpha value is -2.53. The predicted molar refractivity (Wildman–Crippen MR) is 107 cm³/mol. The Morgan fingerprint density at radius 3 is 2.22 bits per heavy atom. The number of carbonyl (C=O) groups is 1. The number of nitrogens with zero attached hydrogens (tertiary/aromatic N) is 1. The van der Waals surface area contributed by atoms with Crippen molar-refractivity contribution in [2.24, 2.45) is 0 Å². The van der Waals surface area contributed by atoms with Crippen LogP contribution in [0.5, 0.6) is 11.5 Å². The third kappa shape index (κ3) is 5.23. The van der Waals surface area contributed by atoms with Gasteiger partial charge in [0.05, 0.1) is 20.8 Å². The zero-order valence-electron chi connectivity index (χ0n) is 16.1. The van der Waals surface area contributed by atoms with E-state index in [1.54, 1.807) is 14.2 Å². The molecule has 0 spiro atoms. The van der Waals surface area contributed by atoms with Crippen molar-refractivity contribution >= 4 is 11.6 Å². The summed E-state index contributed by atoms with van der Waals surface area (Å²) in [6.07, 6.45) is 4.60. The molecule has 0 radical (unpaired) electrons. The van der Waals surface area contributed by atoms with Gasteiger partial charge in [-0.1, -0.05) is 25.0 Å². The van der Waals surface area contributed by atoms with E-state index in [4.69, 9.17) is 9.47 Å². The van der Waals surface area contributed by atoms with Crippen molar-refractivity contribution in [2.75, 3.05) is 32.6 Å². The molecule has 5 nitrogen and oxygen atoms in total. The summed E-state index contributed by atoms with van der Waals surface area (Å²) in [5.41, 5.74) is 2.03. The van der Waals surface area contributed by atoms with E-state index in [0.29, 0.717) is 6.54 Å². The third-order valence-electron chi connectivity index (χ3n) is 5.08. The third-order valence-corrected chi connectivity index (χ3v) is 5.08. The molecule has 1 aliphatic rings. The maximum atomic E-state index is 12.6. The highest BCUT2D eigenvalue weighted by Gasteiger charge is 2.24. The van der Waals surface area contributed by atoms with Crippen LogP contribution in [-0.2, 0) is 4.79 Å². The second kappa shape index (κ2) is 9.42. The van der Waals surface area contributed by atoms with Gasteiger partial charge in [-0.3, -0.25) is 9.69 Å². The average molecular weight is 368 g/mol. The number of methoxy groups -OCH3 is 2. The highest BCUT2D eigenvalue weighted by Crippen LogP contribution is 2.31. The first-order valence-corrected chi connectivity index (χ1v) is 9.51. The molecule has 1 N–H and O–H groups in total. The number of ether oxygens (including phenoxy) is 2. The van der Waals surface area contributed by atoms with E-state index in [9.17, 15) is 4.79 Å². The monoisotopic (exact) mass is 368 g/mol. The van der Waals surface area contributed by atoms with Gasteiger partial charge in [-0.25, -0.2) is 0 Å². The molecule has 0 saturated carbocycles. The van der Waals surface area contributed by atoms with Crippen molar-refractivity contribution < 1.29 is 14.3 Å². The van der Waals surface area contributed by atoms with E-state index in [-0.39, 0.29) is 11.9 Å². The van der Waals surface area contributed by atoms with Crippen LogP contribution in [0.3, 0.4) is 0 Å². The lowest BCUT2D eigenvalue weighted by Crippen LogP contribution is -2.36. The summed E-state index contributed by atoms with van der Waals surface area (Å²) in [7, 11) is 3.31. The number of carbonyl (C=O) groups excluding carboxylic acids is 1. The van der Waals surface area contributed by atoms with Gasteiger partial charge in [-0.05, 0) is 61.3 Å². The maximum Gasteiger partial charge on any atom is 0.238 e. The summed E-state index contributed by atoms with van der Waals surface area (Å²) in [6.45, 7) is 1.33. The fourth-order valence-corrected chi connectivity index (χ4v) is 3.62. The van der Waals surface area contributed by atoms with Crippen LogP contribution in [0.25, 0.3) is 0 Å². The van der Waals surface area contributed by atoms with E-state index in [1.165, 1.54) is 18.4 Å². The molecule has 0 aromatic heterocycles. The number of anilines is 1. The molecule has 0 aliphatic carbocycles. The average Bonchev–Trinajstić information content (AvgIpc) is 2.94. The Balaban J connectivity index is 1.67. The number of hydrogen-bond donors (Lipinski definition) is 1. The highest BCUT2D eigenvalue weighted by atomic mass is 16.5. The maximum absolute atomic E-state index is 12.6. The zero-order chi connectivity index (χ0) is 19.1. The van der Waals surface area contributed by atoms with E-state index in [1.807, 2.05) is 36.4 Å². The second-order valence-electron chi connectivity index (χ2n) is 6.89. The molecule has 2 aromatic carbocycles. The van der Waals surface area contributed by atoms with Crippen LogP contribution in [0.4, 0.5) is 5.69 Å². The van der Waals surface area contributed by atoms with Crippen molar-refractivity contribution in [2.45, 2.75) is 31.7 Å². The summed E-state index contributed by atoms with van der Waals surface area (Å²) >= 11 is 0. The first-order valence-electron chi connectivity index (χ1n) is 9.51. The quantitative estimate of drug-likeness (QED) is 0.828. The minimum absolute atomic E-state index is 0.0144. The Kier molecular flexibility index (Phi) is 6.71. The molecule has 1 amide bonds. The van der Waals surface area contributed by atoms with Crippen LogP contribution >= 0.6 is 0 Å². The summed E-state index contributed by atoms with van der Waals surface area (Å²) in [6, 6.07) is 15.9. The van der Waals surface area contributed by atoms with Gasteiger partial charge in [0, 0.05) is 11.7 Å². The van der Waals surface area contributed by atoms with Gasteiger partial charge in [0.25, 0.3) is 0 Å². The van der Waals surface area contributed by atoms with Crippen LogP contribution in [-0.4, -0.2) is 38.1 Å². The minimum atomic E-state index is 0.0144. The summed E-state index contributed by atoms with van der Waals surface area (Å²) in [5.74, 6) is 1.65. The molecular weight excluding hydrogens is 340 g/mol. The summed E-state index contributed by atoms with van der Waals surface area (Å²) in [4.78, 5) is 14.9. The van der Waals surface area contributed by atoms with Crippen molar-refractivity contribution in [1.29, 1.82) is 0 Å². The number of nitrogens with one attached hydrogen (secondary N) is 1. The number of likely N-dealkylation sites (tertiary alicyclic amines) is 1. The van der Waals surface area contributed by atoms with E-state index in [2.05, 4.69) is 22.3 Å². The first-order chi connectivity index (χ1) is 13.2. The molecule has 2 aromatic rings. The Morgan fingerprint density at radius 1 is 0.963 bits per heavy atom.